The Morgan fingerprint density at radius 3 is 2.91 bits per heavy atom. The zero-order chi connectivity index (χ0) is 15.2. The Morgan fingerprint density at radius 1 is 1.32 bits per heavy atom. The molecule has 1 aromatic carbocycles. The molecule has 0 bridgehead atoms. The van der Waals surface area contributed by atoms with Crippen LogP contribution in [0.25, 0.3) is 0 Å². The summed E-state index contributed by atoms with van der Waals surface area (Å²) in [4.78, 5) is 11.9. The zero-order valence-electron chi connectivity index (χ0n) is 12.7. The van der Waals surface area contributed by atoms with Gasteiger partial charge < -0.3 is 18.9 Å². The van der Waals surface area contributed by atoms with Crippen molar-refractivity contribution in [3.8, 4) is 11.5 Å². The molecule has 1 saturated carbocycles. The van der Waals surface area contributed by atoms with Crippen LogP contribution in [0.4, 0.5) is 0 Å². The smallest absolute Gasteiger partial charge is 0.165 e. The Hall–Kier alpha value is -1.59. The number of fused-ring (bicyclic) bond motifs is 3. The molecule has 5 heteroatoms. The molecule has 1 aromatic rings. The summed E-state index contributed by atoms with van der Waals surface area (Å²) in [5, 5.41) is 0. The van der Waals surface area contributed by atoms with E-state index in [1.165, 1.54) is 0 Å². The summed E-state index contributed by atoms with van der Waals surface area (Å²) in [7, 11) is 1.64. The fraction of sp³-hybridized carbons (Fsp3) is 0.588. The number of para-hydroxylation sites is 1. The lowest BCUT2D eigenvalue weighted by Gasteiger charge is -2.38. The van der Waals surface area contributed by atoms with E-state index in [4.69, 9.17) is 18.9 Å². The number of Topliss-reactive ketones (excluding diaryl/α,β-unsaturated/α-hetero) is 1. The number of methoxy groups -OCH3 is 1. The number of benzene rings is 1. The van der Waals surface area contributed by atoms with Gasteiger partial charge in [0, 0.05) is 30.2 Å². The predicted molar refractivity (Wildman–Crippen MR) is 78.3 cm³/mol. The molecule has 2 atom stereocenters. The van der Waals surface area contributed by atoms with Crippen molar-refractivity contribution in [2.45, 2.75) is 43.5 Å². The van der Waals surface area contributed by atoms with Crippen molar-refractivity contribution in [3.05, 3.63) is 23.8 Å². The largest absolute Gasteiger partial charge is 0.493 e. The second kappa shape index (κ2) is 5.25. The SMILES string of the molecule is COc1cccc2c1O[C@H]1CC(=O)CC[C@@]21CC1OCCO1. The molecule has 1 saturated heterocycles. The van der Waals surface area contributed by atoms with Crippen LogP contribution >= 0.6 is 0 Å². The van der Waals surface area contributed by atoms with Crippen LogP contribution in [0.15, 0.2) is 18.2 Å². The van der Waals surface area contributed by atoms with E-state index in [1.807, 2.05) is 12.1 Å². The standard InChI is InChI=1S/C17H20O5/c1-19-13-4-2-3-12-16(13)22-14-9-11(18)5-6-17(12,14)10-15-20-7-8-21-15/h2-4,14-15H,5-10H2,1H3/t14-,17+/m0/s1. The molecule has 0 unspecified atom stereocenters. The molecule has 0 amide bonds. The average Bonchev–Trinajstić information content (AvgIpc) is 3.13. The molecule has 3 aliphatic rings. The van der Waals surface area contributed by atoms with E-state index >= 15 is 0 Å². The summed E-state index contributed by atoms with van der Waals surface area (Å²) in [5.74, 6) is 1.77. The molecule has 5 nitrogen and oxygen atoms in total. The minimum absolute atomic E-state index is 0.146. The number of carbonyl (C=O) groups excluding carboxylic acids is 1. The van der Waals surface area contributed by atoms with E-state index in [2.05, 4.69) is 6.07 Å². The first-order chi connectivity index (χ1) is 10.7. The second-order valence-electron chi connectivity index (χ2n) is 6.22. The van der Waals surface area contributed by atoms with Crippen molar-refractivity contribution in [2.75, 3.05) is 20.3 Å². The molecule has 0 radical (unpaired) electrons. The number of ketones is 1. The predicted octanol–water partition coefficient (Wildman–Crippen LogP) is 2.21. The van der Waals surface area contributed by atoms with Gasteiger partial charge >= 0.3 is 0 Å². The molecule has 0 N–H and O–H groups in total. The van der Waals surface area contributed by atoms with Gasteiger partial charge in [-0.15, -0.1) is 0 Å². The first-order valence-corrected chi connectivity index (χ1v) is 7.82. The van der Waals surface area contributed by atoms with Crippen molar-refractivity contribution in [2.24, 2.45) is 0 Å². The molecule has 22 heavy (non-hydrogen) atoms. The van der Waals surface area contributed by atoms with E-state index in [-0.39, 0.29) is 23.6 Å². The molecule has 2 aliphatic heterocycles. The van der Waals surface area contributed by atoms with Gasteiger partial charge in [0.15, 0.2) is 17.8 Å². The van der Waals surface area contributed by atoms with E-state index in [1.54, 1.807) is 7.11 Å². The van der Waals surface area contributed by atoms with Gasteiger partial charge in [0.25, 0.3) is 0 Å². The van der Waals surface area contributed by atoms with Gasteiger partial charge in [0.2, 0.25) is 0 Å². The van der Waals surface area contributed by atoms with Crippen LogP contribution < -0.4 is 9.47 Å². The van der Waals surface area contributed by atoms with Crippen LogP contribution in [-0.4, -0.2) is 38.5 Å². The quantitative estimate of drug-likeness (QED) is 0.857. The van der Waals surface area contributed by atoms with Crippen LogP contribution in [-0.2, 0) is 19.7 Å². The first kappa shape index (κ1) is 14.0. The second-order valence-corrected chi connectivity index (χ2v) is 6.22. The summed E-state index contributed by atoms with van der Waals surface area (Å²) >= 11 is 0. The van der Waals surface area contributed by atoms with Crippen LogP contribution in [0, 0.1) is 0 Å². The molecule has 4 rings (SSSR count). The Balaban J connectivity index is 1.76. The molecule has 118 valence electrons. The van der Waals surface area contributed by atoms with Gasteiger partial charge in [0.05, 0.1) is 20.3 Å². The highest BCUT2D eigenvalue weighted by Gasteiger charge is 2.54. The van der Waals surface area contributed by atoms with Gasteiger partial charge in [-0.05, 0) is 12.5 Å². The van der Waals surface area contributed by atoms with Crippen LogP contribution in [0.5, 0.6) is 11.5 Å². The minimum atomic E-state index is -0.215. The minimum Gasteiger partial charge on any atom is -0.493 e. The van der Waals surface area contributed by atoms with Gasteiger partial charge in [-0.1, -0.05) is 12.1 Å². The Bertz CT molecular complexity index is 593. The molecule has 2 fully saturated rings. The van der Waals surface area contributed by atoms with E-state index < -0.39 is 0 Å². The number of hydrogen-bond acceptors (Lipinski definition) is 5. The molecule has 0 spiro atoms. The van der Waals surface area contributed by atoms with E-state index in [9.17, 15) is 4.79 Å². The van der Waals surface area contributed by atoms with E-state index in [0.29, 0.717) is 26.1 Å². The third kappa shape index (κ3) is 2.03. The van der Waals surface area contributed by atoms with Crippen molar-refractivity contribution in [1.29, 1.82) is 0 Å². The number of hydrogen-bond donors (Lipinski definition) is 0. The fourth-order valence-corrected chi connectivity index (χ4v) is 3.99. The summed E-state index contributed by atoms with van der Waals surface area (Å²) in [6.07, 6.45) is 2.18. The maximum absolute atomic E-state index is 11.9. The lowest BCUT2D eigenvalue weighted by Crippen LogP contribution is -2.46. The highest BCUT2D eigenvalue weighted by atomic mass is 16.7. The highest BCUT2D eigenvalue weighted by Crippen LogP contribution is 2.55. The van der Waals surface area contributed by atoms with Crippen LogP contribution in [0.1, 0.15) is 31.2 Å². The molecule has 2 heterocycles. The molecular formula is C17H20O5. The van der Waals surface area contributed by atoms with Crippen molar-refractivity contribution < 1.29 is 23.7 Å². The van der Waals surface area contributed by atoms with E-state index in [0.717, 1.165) is 29.9 Å². The molecular weight excluding hydrogens is 284 g/mol. The van der Waals surface area contributed by atoms with Gasteiger partial charge in [-0.2, -0.15) is 0 Å². The van der Waals surface area contributed by atoms with Crippen LogP contribution in [0.3, 0.4) is 0 Å². The Labute approximate surface area is 129 Å². The summed E-state index contributed by atoms with van der Waals surface area (Å²) in [5.41, 5.74) is 0.913. The van der Waals surface area contributed by atoms with Gasteiger partial charge in [-0.25, -0.2) is 0 Å². The maximum Gasteiger partial charge on any atom is 0.165 e. The Morgan fingerprint density at radius 2 is 2.14 bits per heavy atom. The van der Waals surface area contributed by atoms with Gasteiger partial charge in [0.1, 0.15) is 11.9 Å². The summed E-state index contributed by atoms with van der Waals surface area (Å²) in [6.45, 7) is 1.27. The van der Waals surface area contributed by atoms with Crippen molar-refractivity contribution in [1.82, 2.24) is 0 Å². The number of carbonyl (C=O) groups is 1. The highest BCUT2D eigenvalue weighted by molar-refractivity contribution is 5.81. The number of ether oxygens (including phenoxy) is 4. The summed E-state index contributed by atoms with van der Waals surface area (Å²) in [6, 6.07) is 5.97. The zero-order valence-corrected chi connectivity index (χ0v) is 12.7. The maximum atomic E-state index is 11.9. The average molecular weight is 304 g/mol. The van der Waals surface area contributed by atoms with Gasteiger partial charge in [-0.3, -0.25) is 4.79 Å². The van der Waals surface area contributed by atoms with Crippen molar-refractivity contribution in [3.63, 3.8) is 0 Å². The number of rotatable bonds is 3. The normalized spacial score (nSPS) is 30.8. The first-order valence-electron chi connectivity index (χ1n) is 7.82. The van der Waals surface area contributed by atoms with Crippen molar-refractivity contribution >= 4 is 5.78 Å². The molecule has 0 aromatic heterocycles. The summed E-state index contributed by atoms with van der Waals surface area (Å²) < 4.78 is 22.9. The third-order valence-corrected chi connectivity index (χ3v) is 5.10. The Kier molecular flexibility index (Phi) is 3.35. The topological polar surface area (TPSA) is 54.0 Å². The fourth-order valence-electron chi connectivity index (χ4n) is 3.99. The third-order valence-electron chi connectivity index (χ3n) is 5.10. The lowest BCUT2D eigenvalue weighted by molar-refractivity contribution is -0.127. The molecule has 1 aliphatic carbocycles. The van der Waals surface area contributed by atoms with Crippen LogP contribution in [0.2, 0.25) is 0 Å². The lowest BCUT2D eigenvalue weighted by atomic mass is 9.66. The monoisotopic (exact) mass is 304 g/mol.